The summed E-state index contributed by atoms with van der Waals surface area (Å²) in [6.07, 6.45) is 0.898. The molecule has 3 atom stereocenters. The summed E-state index contributed by atoms with van der Waals surface area (Å²) in [5.74, 6) is -2.03. The van der Waals surface area contributed by atoms with E-state index in [1.165, 1.54) is 35.1 Å². The topological polar surface area (TPSA) is 182 Å². The highest BCUT2D eigenvalue weighted by atomic mass is 35.5. The lowest BCUT2D eigenvalue weighted by Crippen LogP contribution is -2.71. The molecule has 0 aliphatic carbocycles. The van der Waals surface area contributed by atoms with Crippen LogP contribution in [-0.2, 0) is 19.1 Å². The Labute approximate surface area is 209 Å². The number of hydrogen-bond donors (Lipinski definition) is 3. The number of rotatable bonds is 8. The van der Waals surface area contributed by atoms with E-state index in [0.717, 1.165) is 11.3 Å². The number of fused-ring (bicyclic) bond motifs is 1. The first-order chi connectivity index (χ1) is 16.3. The fraction of sp³-hybridized carbons (Fsp3) is 0.412. The number of anilines is 2. The largest absolute Gasteiger partial charge is 0.464 e. The third kappa shape index (κ3) is 4.33. The van der Waals surface area contributed by atoms with E-state index < -0.39 is 35.9 Å². The van der Waals surface area contributed by atoms with Gasteiger partial charge in [0.2, 0.25) is 11.2 Å². The van der Waals surface area contributed by atoms with Gasteiger partial charge in [-0.05, 0) is 18.0 Å². The molecule has 13 nitrogen and oxygen atoms in total. The maximum atomic E-state index is 13.0. The van der Waals surface area contributed by atoms with Crippen LogP contribution in [0.25, 0.3) is 0 Å². The maximum absolute atomic E-state index is 13.0. The Balaban J connectivity index is 1.54. The number of nitrogens with zero attached hydrogens (tertiary/aromatic N) is 5. The van der Waals surface area contributed by atoms with Gasteiger partial charge in [-0.2, -0.15) is 0 Å². The molecule has 34 heavy (non-hydrogen) atoms. The molecule has 1 saturated heterocycles. The average molecular weight is 545 g/mol. The van der Waals surface area contributed by atoms with E-state index in [9.17, 15) is 19.3 Å². The summed E-state index contributed by atoms with van der Waals surface area (Å²) in [4.78, 5) is 55.4. The molecule has 2 aromatic rings. The first-order valence-electron chi connectivity index (χ1n) is 9.67. The number of carbonyl (C=O) groups excluding carboxylic acids is 3. The number of aromatic nitrogens is 3. The number of allylic oxidation sites excluding steroid dienone is 1. The van der Waals surface area contributed by atoms with Gasteiger partial charge in [-0.3, -0.25) is 14.5 Å². The van der Waals surface area contributed by atoms with Crippen molar-refractivity contribution in [3.63, 3.8) is 0 Å². The summed E-state index contributed by atoms with van der Waals surface area (Å²) in [6, 6.07) is -3.01. The van der Waals surface area contributed by atoms with Crippen molar-refractivity contribution in [2.24, 2.45) is 5.18 Å². The molecule has 2 aromatic heterocycles. The van der Waals surface area contributed by atoms with Crippen molar-refractivity contribution in [1.82, 2.24) is 25.4 Å². The number of amides is 2. The van der Waals surface area contributed by atoms with Gasteiger partial charge in [-0.1, -0.05) is 46.0 Å². The second-order valence-electron chi connectivity index (χ2n) is 7.01. The molecule has 0 aromatic carbocycles. The van der Waals surface area contributed by atoms with Crippen LogP contribution >= 0.6 is 46.0 Å². The summed E-state index contributed by atoms with van der Waals surface area (Å²) in [7, 11) is 2.94. The number of hydrogen-bond acceptors (Lipinski definition) is 14. The summed E-state index contributed by atoms with van der Waals surface area (Å²) < 4.78 is 5.56. The van der Waals surface area contributed by atoms with E-state index in [0.29, 0.717) is 27.2 Å². The van der Waals surface area contributed by atoms with E-state index in [-0.39, 0.29) is 20.9 Å². The van der Waals surface area contributed by atoms with Crippen LogP contribution < -0.4 is 16.4 Å². The molecule has 0 radical (unpaired) electrons. The molecule has 180 valence electrons. The number of nitrogens with one attached hydrogen (secondary N) is 2. The monoisotopic (exact) mass is 544 g/mol. The van der Waals surface area contributed by atoms with Crippen LogP contribution in [-0.4, -0.2) is 64.1 Å². The van der Waals surface area contributed by atoms with Crippen molar-refractivity contribution in [2.75, 3.05) is 25.2 Å². The fourth-order valence-corrected chi connectivity index (χ4v) is 6.52. The highest BCUT2D eigenvalue weighted by Crippen LogP contribution is 2.44. The lowest BCUT2D eigenvalue weighted by Gasteiger charge is -2.50. The van der Waals surface area contributed by atoms with Gasteiger partial charge < -0.3 is 21.1 Å². The highest BCUT2D eigenvalue weighted by molar-refractivity contribution is 8.04. The summed E-state index contributed by atoms with van der Waals surface area (Å²) in [6.45, 7) is 0. The number of esters is 1. The van der Waals surface area contributed by atoms with Crippen molar-refractivity contribution >= 4 is 74.1 Å². The first-order valence-corrected chi connectivity index (χ1v) is 12.5. The zero-order chi connectivity index (χ0) is 24.6. The van der Waals surface area contributed by atoms with Crippen LogP contribution in [0.4, 0.5) is 10.3 Å². The number of carbonyl (C=O) groups is 3. The molecule has 2 amide bonds. The third-order valence-corrected chi connectivity index (χ3v) is 8.39. The van der Waals surface area contributed by atoms with E-state index in [4.69, 9.17) is 22.1 Å². The molecular formula is C17H17ClN8O5S3. The van der Waals surface area contributed by atoms with Crippen LogP contribution in [0, 0.1) is 4.91 Å². The van der Waals surface area contributed by atoms with Gasteiger partial charge in [0.25, 0.3) is 11.8 Å². The van der Waals surface area contributed by atoms with Crippen LogP contribution in [0.2, 0.25) is 4.34 Å². The highest BCUT2D eigenvalue weighted by Gasteiger charge is 2.54. The van der Waals surface area contributed by atoms with E-state index in [1.807, 2.05) is 0 Å². The molecule has 3 unspecified atom stereocenters. The SMILES string of the molecule is CNc1nnc(SC2=C(C(=O)OC)N3C(=O)C(NC(=O)C(N=O)c4nc(N)sc4Cl)C3CC2)s1. The quantitative estimate of drug-likeness (QED) is 0.250. The third-order valence-electron chi connectivity index (χ3n) is 5.14. The second kappa shape index (κ2) is 9.81. The molecule has 0 saturated carbocycles. The van der Waals surface area contributed by atoms with Gasteiger partial charge in [-0.25, -0.2) is 9.78 Å². The Morgan fingerprint density at radius 1 is 1.38 bits per heavy atom. The predicted octanol–water partition coefficient (Wildman–Crippen LogP) is 1.75. The average Bonchev–Trinajstić information content (AvgIpc) is 3.42. The Kier molecular flexibility index (Phi) is 7.01. The number of thiazole rings is 1. The van der Waals surface area contributed by atoms with Crippen LogP contribution in [0.1, 0.15) is 24.6 Å². The van der Waals surface area contributed by atoms with Crippen LogP contribution in [0.3, 0.4) is 0 Å². The smallest absolute Gasteiger partial charge is 0.355 e. The van der Waals surface area contributed by atoms with Gasteiger partial charge in [0.1, 0.15) is 21.8 Å². The van der Waals surface area contributed by atoms with Crippen molar-refractivity contribution < 1.29 is 19.1 Å². The number of thioether (sulfide) groups is 1. The lowest BCUT2D eigenvalue weighted by atomic mass is 9.86. The predicted molar refractivity (Wildman–Crippen MR) is 126 cm³/mol. The standard InChI is InChI=1S/C17H17ClN8O5S3/c1-20-16-23-24-17(34-16)32-6-4-3-5-7(13(28)26(5)10(6)14(29)31-2)21-12(27)9(25-30)8-11(18)33-15(19)22-8/h5,7,9H,3-4H2,1-2H3,(H2,19,22)(H,20,23)(H,21,27). The van der Waals surface area contributed by atoms with Gasteiger partial charge >= 0.3 is 5.97 Å². The number of methoxy groups -OCH3 is 1. The van der Waals surface area contributed by atoms with Crippen molar-refractivity contribution in [3.8, 4) is 0 Å². The maximum Gasteiger partial charge on any atom is 0.355 e. The number of halogens is 1. The number of ether oxygens (including phenoxy) is 1. The zero-order valence-electron chi connectivity index (χ0n) is 17.6. The van der Waals surface area contributed by atoms with Crippen LogP contribution in [0.5, 0.6) is 0 Å². The molecule has 0 spiro atoms. The minimum Gasteiger partial charge on any atom is -0.464 e. The first kappa shape index (κ1) is 24.3. The molecular weight excluding hydrogens is 528 g/mol. The minimum atomic E-state index is -1.56. The van der Waals surface area contributed by atoms with E-state index in [1.54, 1.807) is 7.05 Å². The molecule has 4 rings (SSSR count). The summed E-state index contributed by atoms with van der Waals surface area (Å²) >= 11 is 9.44. The molecule has 2 aliphatic rings. The minimum absolute atomic E-state index is 0.0622. The van der Waals surface area contributed by atoms with Crippen LogP contribution in [0.15, 0.2) is 20.1 Å². The summed E-state index contributed by atoms with van der Waals surface area (Å²) in [5.41, 5.74) is 5.60. The molecule has 0 bridgehead atoms. The van der Waals surface area contributed by atoms with Gasteiger partial charge in [-0.15, -0.1) is 15.1 Å². The Morgan fingerprint density at radius 2 is 2.15 bits per heavy atom. The molecule has 4 N–H and O–H groups in total. The fourth-order valence-electron chi connectivity index (χ4n) is 3.62. The normalized spacial score (nSPS) is 20.3. The Bertz CT molecular complexity index is 1200. The number of nitroso groups, excluding NO2 is 1. The molecule has 17 heteroatoms. The van der Waals surface area contributed by atoms with Crippen molar-refractivity contribution in [1.29, 1.82) is 0 Å². The molecule has 2 aliphatic heterocycles. The van der Waals surface area contributed by atoms with Crippen molar-refractivity contribution in [2.45, 2.75) is 35.3 Å². The molecule has 1 fully saturated rings. The van der Waals surface area contributed by atoms with Crippen molar-refractivity contribution in [3.05, 3.63) is 25.5 Å². The Hall–Kier alpha value is -2.82. The number of nitrogen functional groups attached to an aromatic ring is 1. The van der Waals surface area contributed by atoms with Gasteiger partial charge in [0.05, 0.1) is 13.2 Å². The molecule has 4 heterocycles. The van der Waals surface area contributed by atoms with E-state index in [2.05, 4.69) is 31.0 Å². The number of nitrogens with two attached hydrogens (primary N) is 1. The zero-order valence-corrected chi connectivity index (χ0v) is 20.8. The lowest BCUT2D eigenvalue weighted by molar-refractivity contribution is -0.156. The van der Waals surface area contributed by atoms with Gasteiger partial charge in [0.15, 0.2) is 9.47 Å². The Morgan fingerprint density at radius 3 is 2.74 bits per heavy atom. The van der Waals surface area contributed by atoms with Gasteiger partial charge in [0, 0.05) is 12.0 Å². The summed E-state index contributed by atoms with van der Waals surface area (Å²) in [5, 5.41) is 17.0. The second-order valence-corrected chi connectivity index (χ2v) is 11.0. The van der Waals surface area contributed by atoms with E-state index >= 15 is 0 Å². The number of β-lactam (4-membered cyclic amide) rings is 1.